The van der Waals surface area contributed by atoms with Gasteiger partial charge in [0.25, 0.3) is 11.1 Å². The second-order valence-corrected chi connectivity index (χ2v) is 6.00. The number of pyridine rings is 3. The van der Waals surface area contributed by atoms with Crippen LogP contribution in [0.4, 0.5) is 0 Å². The number of aromatic nitrogens is 3. The highest BCUT2D eigenvalue weighted by Gasteiger charge is 2.13. The molecule has 0 radical (unpaired) electrons. The molecule has 1 aliphatic carbocycles. The molecular formula is C18H14N4O2. The lowest BCUT2D eigenvalue weighted by Crippen LogP contribution is -2.22. The van der Waals surface area contributed by atoms with Gasteiger partial charge in [-0.3, -0.25) is 14.6 Å². The summed E-state index contributed by atoms with van der Waals surface area (Å²) in [4.78, 5) is 31.4. The average Bonchev–Trinajstić information content (AvgIpc) is 3.05. The van der Waals surface area contributed by atoms with Crippen molar-refractivity contribution in [1.29, 1.82) is 5.26 Å². The molecule has 0 aromatic carbocycles. The van der Waals surface area contributed by atoms with Crippen molar-refractivity contribution in [3.63, 3.8) is 0 Å². The molecule has 0 unspecified atom stereocenters. The van der Waals surface area contributed by atoms with Crippen molar-refractivity contribution in [2.75, 3.05) is 0 Å². The molecule has 0 saturated heterocycles. The highest BCUT2D eigenvalue weighted by atomic mass is 16.1. The Labute approximate surface area is 137 Å². The maximum absolute atomic E-state index is 12.7. The molecule has 0 saturated carbocycles. The second-order valence-electron chi connectivity index (χ2n) is 6.00. The standard InChI is InChI=1S/C18H14N4O2/c19-8-13-7-14-16(21-17(13)23)4-5-22(18(14)24)10-11-6-12-2-1-3-15(12)20-9-11/h4-7,9H,1-3,10H2,(H,21,23). The van der Waals surface area contributed by atoms with Crippen LogP contribution in [0.25, 0.3) is 10.9 Å². The summed E-state index contributed by atoms with van der Waals surface area (Å²) in [5, 5.41) is 9.31. The van der Waals surface area contributed by atoms with Gasteiger partial charge in [0.2, 0.25) is 0 Å². The first kappa shape index (κ1) is 14.4. The molecule has 0 bridgehead atoms. The Bertz CT molecular complexity index is 1120. The fourth-order valence-electron chi connectivity index (χ4n) is 3.21. The zero-order chi connectivity index (χ0) is 16.7. The summed E-state index contributed by atoms with van der Waals surface area (Å²) < 4.78 is 1.57. The largest absolute Gasteiger partial charge is 0.321 e. The van der Waals surface area contributed by atoms with Crippen LogP contribution in [0.1, 0.15) is 28.8 Å². The van der Waals surface area contributed by atoms with Gasteiger partial charge in [-0.2, -0.15) is 5.26 Å². The van der Waals surface area contributed by atoms with E-state index in [1.165, 1.54) is 11.6 Å². The normalized spacial score (nSPS) is 13.0. The van der Waals surface area contributed by atoms with E-state index in [1.807, 2.05) is 12.3 Å². The van der Waals surface area contributed by atoms with Crippen LogP contribution < -0.4 is 11.1 Å². The Kier molecular flexibility index (Phi) is 3.28. The van der Waals surface area contributed by atoms with E-state index in [1.54, 1.807) is 16.8 Å². The number of nitrogens with zero attached hydrogens (tertiary/aromatic N) is 3. The van der Waals surface area contributed by atoms with Crippen molar-refractivity contribution in [3.05, 3.63) is 73.7 Å². The van der Waals surface area contributed by atoms with Crippen LogP contribution in [0.2, 0.25) is 0 Å². The maximum atomic E-state index is 12.7. The van der Waals surface area contributed by atoms with Gasteiger partial charge in [-0.15, -0.1) is 0 Å². The molecule has 0 atom stereocenters. The predicted molar refractivity (Wildman–Crippen MR) is 88.9 cm³/mol. The van der Waals surface area contributed by atoms with Crippen LogP contribution in [0, 0.1) is 11.3 Å². The highest BCUT2D eigenvalue weighted by molar-refractivity contribution is 5.78. The van der Waals surface area contributed by atoms with E-state index >= 15 is 0 Å². The Morgan fingerprint density at radius 1 is 1.29 bits per heavy atom. The lowest BCUT2D eigenvalue weighted by molar-refractivity contribution is 0.762. The van der Waals surface area contributed by atoms with Crippen molar-refractivity contribution in [2.45, 2.75) is 25.8 Å². The summed E-state index contributed by atoms with van der Waals surface area (Å²) >= 11 is 0. The van der Waals surface area contributed by atoms with Crippen molar-refractivity contribution in [2.24, 2.45) is 0 Å². The molecule has 1 N–H and O–H groups in total. The van der Waals surface area contributed by atoms with Crippen LogP contribution >= 0.6 is 0 Å². The van der Waals surface area contributed by atoms with Crippen molar-refractivity contribution < 1.29 is 0 Å². The van der Waals surface area contributed by atoms with Gasteiger partial charge in [0, 0.05) is 18.1 Å². The van der Waals surface area contributed by atoms with Gasteiger partial charge < -0.3 is 9.55 Å². The minimum absolute atomic E-state index is 0.0588. The van der Waals surface area contributed by atoms with Gasteiger partial charge >= 0.3 is 0 Å². The first-order valence-electron chi connectivity index (χ1n) is 7.79. The Hall–Kier alpha value is -3.20. The topological polar surface area (TPSA) is 91.5 Å². The van der Waals surface area contributed by atoms with Crippen LogP contribution in [0.3, 0.4) is 0 Å². The molecule has 0 amide bonds. The Morgan fingerprint density at radius 3 is 3.00 bits per heavy atom. The van der Waals surface area contributed by atoms with Crippen molar-refractivity contribution >= 4 is 10.9 Å². The van der Waals surface area contributed by atoms with Crippen molar-refractivity contribution in [3.8, 4) is 6.07 Å². The lowest BCUT2D eigenvalue weighted by Gasteiger charge is -2.09. The van der Waals surface area contributed by atoms with Gasteiger partial charge in [-0.05, 0) is 42.5 Å². The highest BCUT2D eigenvalue weighted by Crippen LogP contribution is 2.20. The van der Waals surface area contributed by atoms with Gasteiger partial charge in [0.15, 0.2) is 0 Å². The van der Waals surface area contributed by atoms with Gasteiger partial charge in [-0.1, -0.05) is 6.07 Å². The number of rotatable bonds is 2. The minimum atomic E-state index is -0.482. The Balaban J connectivity index is 1.79. The first-order valence-corrected chi connectivity index (χ1v) is 7.79. The lowest BCUT2D eigenvalue weighted by atomic mass is 10.1. The molecule has 1 aliphatic rings. The summed E-state index contributed by atoms with van der Waals surface area (Å²) in [5.74, 6) is 0. The maximum Gasteiger partial charge on any atom is 0.266 e. The van der Waals surface area contributed by atoms with E-state index in [4.69, 9.17) is 5.26 Å². The zero-order valence-corrected chi connectivity index (χ0v) is 12.9. The molecule has 6 heteroatoms. The molecule has 4 rings (SSSR count). The summed E-state index contributed by atoms with van der Waals surface area (Å²) in [6.07, 6.45) is 6.66. The summed E-state index contributed by atoms with van der Waals surface area (Å²) in [5.41, 5.74) is 3.05. The first-order chi connectivity index (χ1) is 11.7. The van der Waals surface area contributed by atoms with E-state index in [2.05, 4.69) is 16.0 Å². The monoisotopic (exact) mass is 318 g/mol. The van der Waals surface area contributed by atoms with Crippen LogP contribution in [-0.4, -0.2) is 14.5 Å². The molecule has 24 heavy (non-hydrogen) atoms. The molecule has 118 valence electrons. The van der Waals surface area contributed by atoms with Gasteiger partial charge in [-0.25, -0.2) is 0 Å². The third kappa shape index (κ3) is 2.31. The molecular weight excluding hydrogens is 304 g/mol. The average molecular weight is 318 g/mol. The zero-order valence-electron chi connectivity index (χ0n) is 12.9. The SMILES string of the molecule is N#Cc1cc2c(=O)n(Cc3cnc4c(c3)CCC4)ccc2[nH]c1=O. The number of aryl methyl sites for hydroxylation is 2. The third-order valence-electron chi connectivity index (χ3n) is 4.43. The van der Waals surface area contributed by atoms with Crippen LogP contribution in [-0.2, 0) is 19.4 Å². The number of nitriles is 1. The fourth-order valence-corrected chi connectivity index (χ4v) is 3.21. The van der Waals surface area contributed by atoms with Crippen molar-refractivity contribution in [1.82, 2.24) is 14.5 Å². The molecule has 3 aromatic rings. The fraction of sp³-hybridized carbons (Fsp3) is 0.222. The van der Waals surface area contributed by atoms with Crippen LogP contribution in [0.5, 0.6) is 0 Å². The number of hydrogen-bond donors (Lipinski definition) is 1. The Morgan fingerprint density at radius 2 is 2.17 bits per heavy atom. The summed E-state index contributed by atoms with van der Waals surface area (Å²) in [6, 6.07) is 6.96. The second kappa shape index (κ2) is 5.46. The molecule has 0 spiro atoms. The van der Waals surface area contributed by atoms with E-state index in [9.17, 15) is 9.59 Å². The molecule has 0 fully saturated rings. The number of fused-ring (bicyclic) bond motifs is 2. The number of H-pyrrole nitrogens is 1. The van der Waals surface area contributed by atoms with E-state index in [0.717, 1.165) is 30.5 Å². The smallest absolute Gasteiger partial charge is 0.266 e. The summed E-state index contributed by atoms with van der Waals surface area (Å²) in [7, 11) is 0. The third-order valence-corrected chi connectivity index (χ3v) is 4.43. The number of hydrogen-bond acceptors (Lipinski definition) is 4. The number of aromatic amines is 1. The summed E-state index contributed by atoms with van der Waals surface area (Å²) in [6.45, 7) is 0.413. The predicted octanol–water partition coefficient (Wildman–Crippen LogP) is 1.49. The molecule has 0 aliphatic heterocycles. The van der Waals surface area contributed by atoms with Gasteiger partial charge in [0.05, 0.1) is 17.4 Å². The number of nitrogens with one attached hydrogen (secondary N) is 1. The minimum Gasteiger partial charge on any atom is -0.321 e. The van der Waals surface area contributed by atoms with Gasteiger partial charge in [0.1, 0.15) is 11.6 Å². The quantitative estimate of drug-likeness (QED) is 0.775. The van der Waals surface area contributed by atoms with Crippen LogP contribution in [0.15, 0.2) is 40.2 Å². The molecule has 3 aromatic heterocycles. The molecule has 6 nitrogen and oxygen atoms in total. The van der Waals surface area contributed by atoms with E-state index in [0.29, 0.717) is 17.4 Å². The molecule has 3 heterocycles. The van der Waals surface area contributed by atoms with E-state index in [-0.39, 0.29) is 11.1 Å². The van der Waals surface area contributed by atoms with E-state index < -0.39 is 5.56 Å².